The van der Waals surface area contributed by atoms with E-state index in [2.05, 4.69) is 109 Å². The van der Waals surface area contributed by atoms with Crippen LogP contribution in [-0.2, 0) is 11.8 Å². The monoisotopic (exact) mass is 504 g/mol. The molecular formula is C32H30BBr. The van der Waals surface area contributed by atoms with Crippen LogP contribution in [0.1, 0.15) is 66.0 Å². The number of hydrogen-bond donors (Lipinski definition) is 0. The molecule has 1 aliphatic carbocycles. The summed E-state index contributed by atoms with van der Waals surface area (Å²) < 4.78 is 1.10. The lowest BCUT2D eigenvalue weighted by Gasteiger charge is -2.34. The highest BCUT2D eigenvalue weighted by atomic mass is 79.9. The number of rotatable bonds is 7. The standard InChI is InChI=1S/C32H30BBr/c1-3-4-5-6-10-23-11-8-13-25(19-23)32(24-12-7-9-22(2)18-24)30-20-26(33)14-16-28(30)29-17-15-27(34)21-31(29)32/h7-9,11-21H,3-6,10H2,1-2H3. The Labute approximate surface area is 214 Å². The number of halogens is 1. The minimum atomic E-state index is -0.407. The first-order valence-corrected chi connectivity index (χ1v) is 13.2. The minimum absolute atomic E-state index is 0.407. The molecular weight excluding hydrogens is 475 g/mol. The first kappa shape index (κ1) is 23.2. The molecule has 2 radical (unpaired) electrons. The predicted molar refractivity (Wildman–Crippen MR) is 149 cm³/mol. The molecule has 0 bridgehead atoms. The molecule has 1 aliphatic rings. The van der Waals surface area contributed by atoms with E-state index < -0.39 is 5.41 Å². The summed E-state index contributed by atoms with van der Waals surface area (Å²) in [4.78, 5) is 0. The fourth-order valence-corrected chi connectivity index (χ4v) is 6.06. The van der Waals surface area contributed by atoms with Crippen LogP contribution in [0, 0.1) is 6.92 Å². The zero-order chi connectivity index (χ0) is 23.7. The number of hydrogen-bond acceptors (Lipinski definition) is 0. The van der Waals surface area contributed by atoms with E-state index in [-0.39, 0.29) is 0 Å². The van der Waals surface area contributed by atoms with Crippen LogP contribution in [0.15, 0.2) is 89.4 Å². The average molecular weight is 505 g/mol. The molecule has 0 N–H and O–H groups in total. The highest BCUT2D eigenvalue weighted by molar-refractivity contribution is 9.10. The molecule has 0 fully saturated rings. The van der Waals surface area contributed by atoms with Gasteiger partial charge in [0.05, 0.1) is 5.41 Å². The lowest BCUT2D eigenvalue weighted by Crippen LogP contribution is -2.29. The third kappa shape index (κ3) is 3.97. The van der Waals surface area contributed by atoms with Gasteiger partial charge in [-0.05, 0) is 70.8 Å². The fraction of sp³-hybridized carbons (Fsp3) is 0.250. The summed E-state index contributed by atoms with van der Waals surface area (Å²) in [6, 6.07) is 31.4. The van der Waals surface area contributed by atoms with Gasteiger partial charge in [0.25, 0.3) is 0 Å². The Morgan fingerprint density at radius 3 is 2.21 bits per heavy atom. The molecule has 0 aliphatic heterocycles. The Hall–Kier alpha value is -2.58. The fourth-order valence-electron chi connectivity index (χ4n) is 5.70. The lowest BCUT2D eigenvalue weighted by atomic mass is 9.66. The molecule has 168 valence electrons. The van der Waals surface area contributed by atoms with Gasteiger partial charge in [-0.2, -0.15) is 0 Å². The smallest absolute Gasteiger partial charge is 0.0963 e. The summed E-state index contributed by atoms with van der Waals surface area (Å²) in [7, 11) is 6.42. The molecule has 0 heterocycles. The van der Waals surface area contributed by atoms with E-state index in [4.69, 9.17) is 7.85 Å². The average Bonchev–Trinajstić information content (AvgIpc) is 3.11. The minimum Gasteiger partial charge on any atom is -0.0963 e. The molecule has 0 saturated heterocycles. The van der Waals surface area contributed by atoms with Gasteiger partial charge >= 0.3 is 0 Å². The van der Waals surface area contributed by atoms with E-state index in [1.165, 1.54) is 70.2 Å². The van der Waals surface area contributed by atoms with Crippen molar-refractivity contribution in [2.75, 3.05) is 0 Å². The second-order valence-corrected chi connectivity index (χ2v) is 10.5. The van der Waals surface area contributed by atoms with E-state index in [0.717, 1.165) is 16.4 Å². The van der Waals surface area contributed by atoms with Crippen LogP contribution in [0.25, 0.3) is 11.1 Å². The Balaban J connectivity index is 1.79. The van der Waals surface area contributed by atoms with Gasteiger partial charge < -0.3 is 0 Å². The zero-order valence-electron chi connectivity index (χ0n) is 20.1. The number of benzene rings is 4. The van der Waals surface area contributed by atoms with Crippen molar-refractivity contribution < 1.29 is 0 Å². The molecule has 0 nitrogen and oxygen atoms in total. The quantitative estimate of drug-likeness (QED) is 0.155. The third-order valence-corrected chi connectivity index (χ3v) is 7.75. The maximum absolute atomic E-state index is 6.42. The third-order valence-electron chi connectivity index (χ3n) is 7.25. The predicted octanol–water partition coefficient (Wildman–Crippen LogP) is 8.04. The zero-order valence-corrected chi connectivity index (χ0v) is 21.7. The van der Waals surface area contributed by atoms with Crippen molar-refractivity contribution in [2.24, 2.45) is 0 Å². The first-order chi connectivity index (χ1) is 16.5. The maximum atomic E-state index is 6.42. The van der Waals surface area contributed by atoms with Crippen molar-refractivity contribution in [3.8, 4) is 11.1 Å². The van der Waals surface area contributed by atoms with E-state index in [1.807, 2.05) is 6.07 Å². The van der Waals surface area contributed by atoms with Gasteiger partial charge in [0.1, 0.15) is 7.85 Å². The maximum Gasteiger partial charge on any atom is 0.113 e. The number of fused-ring (bicyclic) bond motifs is 3. The van der Waals surface area contributed by atoms with Crippen molar-refractivity contribution in [1.29, 1.82) is 0 Å². The van der Waals surface area contributed by atoms with E-state index in [9.17, 15) is 0 Å². The lowest BCUT2D eigenvalue weighted by molar-refractivity contribution is 0.665. The highest BCUT2D eigenvalue weighted by Crippen LogP contribution is 2.56. The Morgan fingerprint density at radius 2 is 1.44 bits per heavy atom. The molecule has 1 unspecified atom stereocenters. The molecule has 1 atom stereocenters. The summed E-state index contributed by atoms with van der Waals surface area (Å²) >= 11 is 3.77. The van der Waals surface area contributed by atoms with Gasteiger partial charge in [-0.15, -0.1) is 0 Å². The van der Waals surface area contributed by atoms with E-state index >= 15 is 0 Å². The largest absolute Gasteiger partial charge is 0.113 e. The summed E-state index contributed by atoms with van der Waals surface area (Å²) in [6.07, 6.45) is 6.22. The normalized spacial score (nSPS) is 16.3. The van der Waals surface area contributed by atoms with Crippen molar-refractivity contribution in [3.63, 3.8) is 0 Å². The van der Waals surface area contributed by atoms with E-state index in [0.29, 0.717) is 0 Å². The van der Waals surface area contributed by atoms with Crippen molar-refractivity contribution in [2.45, 2.75) is 51.4 Å². The number of unbranched alkanes of at least 4 members (excludes halogenated alkanes) is 3. The van der Waals surface area contributed by atoms with Crippen LogP contribution in [0.2, 0.25) is 0 Å². The van der Waals surface area contributed by atoms with Gasteiger partial charge in [-0.25, -0.2) is 0 Å². The summed E-state index contributed by atoms with van der Waals surface area (Å²) in [6.45, 7) is 4.45. The van der Waals surface area contributed by atoms with Crippen LogP contribution in [-0.4, -0.2) is 7.85 Å². The Kier molecular flexibility index (Phi) is 6.53. The van der Waals surface area contributed by atoms with E-state index in [1.54, 1.807) is 0 Å². The van der Waals surface area contributed by atoms with Crippen LogP contribution in [0.5, 0.6) is 0 Å². The van der Waals surface area contributed by atoms with Gasteiger partial charge in [-0.3, -0.25) is 0 Å². The van der Waals surface area contributed by atoms with Gasteiger partial charge in [-0.1, -0.05) is 126 Å². The molecule has 2 heteroatoms. The molecule has 0 amide bonds. The van der Waals surface area contributed by atoms with Gasteiger partial charge in [0.15, 0.2) is 0 Å². The van der Waals surface area contributed by atoms with Gasteiger partial charge in [0.2, 0.25) is 0 Å². The first-order valence-electron chi connectivity index (χ1n) is 12.4. The summed E-state index contributed by atoms with van der Waals surface area (Å²) in [5.74, 6) is 0. The second kappa shape index (κ2) is 9.58. The van der Waals surface area contributed by atoms with Crippen LogP contribution >= 0.6 is 15.9 Å². The molecule has 4 aromatic rings. The van der Waals surface area contributed by atoms with Crippen molar-refractivity contribution in [3.05, 3.63) is 123 Å². The molecule has 5 rings (SSSR count). The second-order valence-electron chi connectivity index (χ2n) is 9.63. The van der Waals surface area contributed by atoms with Crippen molar-refractivity contribution in [1.82, 2.24) is 0 Å². The summed E-state index contributed by atoms with van der Waals surface area (Å²) in [5, 5.41) is 0. The Morgan fingerprint density at radius 1 is 0.735 bits per heavy atom. The molecule has 4 aromatic carbocycles. The van der Waals surface area contributed by atoms with Crippen LogP contribution in [0.4, 0.5) is 0 Å². The van der Waals surface area contributed by atoms with Crippen LogP contribution < -0.4 is 5.46 Å². The molecule has 0 spiro atoms. The molecule has 0 saturated carbocycles. The topological polar surface area (TPSA) is 0 Å². The van der Waals surface area contributed by atoms with Crippen LogP contribution in [0.3, 0.4) is 0 Å². The van der Waals surface area contributed by atoms with Gasteiger partial charge in [0, 0.05) is 4.47 Å². The molecule has 34 heavy (non-hydrogen) atoms. The molecule has 0 aromatic heterocycles. The van der Waals surface area contributed by atoms with Crippen molar-refractivity contribution >= 4 is 29.2 Å². The number of aryl methyl sites for hydroxylation is 2. The SMILES string of the molecule is [B]c1ccc2c(c1)C(c1cccc(C)c1)(c1cccc(CCCCCC)c1)c1cc(Br)ccc1-2. The highest BCUT2D eigenvalue weighted by Gasteiger charge is 2.46. The Bertz CT molecular complexity index is 1290. The summed E-state index contributed by atoms with van der Waals surface area (Å²) in [5.41, 5.74) is 10.8.